The predicted molar refractivity (Wildman–Crippen MR) is 85.4 cm³/mol. The number of carbonyl (C=O) groups is 1. The lowest BCUT2D eigenvalue weighted by atomic mass is 10.1. The van der Waals surface area contributed by atoms with Crippen LogP contribution in [-0.4, -0.2) is 43.6 Å². The van der Waals surface area contributed by atoms with E-state index in [-0.39, 0.29) is 11.9 Å². The standard InChI is InChI=1S/C14H17N7OS/c1-8-20-21-6-9(19-14(21)23-8)2-4-16-13(22)12-11-10(3-5-15-12)17-7-18-11/h6-7,12,15H,2-5H2,1H3,(H,16,22)(H,17,18)/t12-/m0/s1. The topological polar surface area (TPSA) is 100 Å². The Hall–Kier alpha value is -2.26. The number of H-pyrrole nitrogens is 1. The number of hydrogen-bond acceptors (Lipinski definition) is 6. The molecule has 1 aliphatic heterocycles. The lowest BCUT2D eigenvalue weighted by Gasteiger charge is -2.22. The van der Waals surface area contributed by atoms with Crippen molar-refractivity contribution in [3.8, 4) is 0 Å². The van der Waals surface area contributed by atoms with Crippen LogP contribution >= 0.6 is 11.3 Å². The lowest BCUT2D eigenvalue weighted by Crippen LogP contribution is -2.42. The van der Waals surface area contributed by atoms with Crippen LogP contribution in [0.15, 0.2) is 12.5 Å². The fourth-order valence-electron chi connectivity index (χ4n) is 2.82. The van der Waals surface area contributed by atoms with Crippen LogP contribution in [-0.2, 0) is 17.6 Å². The number of aromatic amines is 1. The third kappa shape index (κ3) is 2.73. The smallest absolute Gasteiger partial charge is 0.243 e. The normalized spacial score (nSPS) is 17.3. The Bertz CT molecular complexity index is 817. The van der Waals surface area contributed by atoms with Gasteiger partial charge in [-0.2, -0.15) is 5.10 Å². The molecule has 1 amide bonds. The molecule has 1 atom stereocenters. The number of carbonyl (C=O) groups excluding carboxylic acids is 1. The minimum Gasteiger partial charge on any atom is -0.354 e. The van der Waals surface area contributed by atoms with Gasteiger partial charge in [0.2, 0.25) is 10.9 Å². The van der Waals surface area contributed by atoms with Gasteiger partial charge >= 0.3 is 0 Å². The van der Waals surface area contributed by atoms with Gasteiger partial charge in [0.15, 0.2) is 0 Å². The molecular weight excluding hydrogens is 314 g/mol. The molecule has 3 N–H and O–H groups in total. The first kappa shape index (κ1) is 14.3. The molecule has 120 valence electrons. The van der Waals surface area contributed by atoms with E-state index < -0.39 is 0 Å². The minimum absolute atomic E-state index is 0.0481. The number of hydrogen-bond donors (Lipinski definition) is 3. The van der Waals surface area contributed by atoms with Crippen molar-refractivity contribution >= 4 is 22.2 Å². The Kier molecular flexibility index (Phi) is 3.58. The van der Waals surface area contributed by atoms with E-state index in [1.54, 1.807) is 22.2 Å². The second kappa shape index (κ2) is 5.74. The van der Waals surface area contributed by atoms with E-state index in [1.807, 2.05) is 13.1 Å². The van der Waals surface area contributed by atoms with E-state index in [4.69, 9.17) is 0 Å². The van der Waals surface area contributed by atoms with Crippen LogP contribution in [0.5, 0.6) is 0 Å². The third-order valence-corrected chi connectivity index (χ3v) is 4.72. The molecule has 0 aromatic carbocycles. The molecule has 0 saturated carbocycles. The Morgan fingerprint density at radius 2 is 2.48 bits per heavy atom. The molecule has 0 saturated heterocycles. The summed E-state index contributed by atoms with van der Waals surface area (Å²) < 4.78 is 1.79. The van der Waals surface area contributed by atoms with Gasteiger partial charge in [0, 0.05) is 31.6 Å². The molecular formula is C14H17N7OS. The van der Waals surface area contributed by atoms with Gasteiger partial charge in [-0.05, 0) is 6.92 Å². The van der Waals surface area contributed by atoms with Crippen molar-refractivity contribution in [3.05, 3.63) is 34.6 Å². The van der Waals surface area contributed by atoms with Crippen molar-refractivity contribution in [1.29, 1.82) is 0 Å². The molecule has 0 bridgehead atoms. The maximum absolute atomic E-state index is 12.4. The van der Waals surface area contributed by atoms with Gasteiger partial charge in [-0.15, -0.1) is 0 Å². The van der Waals surface area contributed by atoms with Crippen LogP contribution in [0, 0.1) is 6.92 Å². The van der Waals surface area contributed by atoms with Crippen LogP contribution < -0.4 is 10.6 Å². The Morgan fingerprint density at radius 3 is 3.35 bits per heavy atom. The van der Waals surface area contributed by atoms with Crippen molar-refractivity contribution < 1.29 is 4.79 Å². The Labute approximate surface area is 136 Å². The summed E-state index contributed by atoms with van der Waals surface area (Å²) in [7, 11) is 0. The molecule has 3 aromatic rings. The van der Waals surface area contributed by atoms with E-state index in [0.29, 0.717) is 13.0 Å². The summed E-state index contributed by atoms with van der Waals surface area (Å²) in [5.41, 5.74) is 2.77. The number of rotatable bonds is 4. The molecule has 0 fully saturated rings. The molecule has 3 aromatic heterocycles. The van der Waals surface area contributed by atoms with Crippen LogP contribution in [0.3, 0.4) is 0 Å². The summed E-state index contributed by atoms with van der Waals surface area (Å²) in [5, 5.41) is 11.5. The van der Waals surface area contributed by atoms with Crippen LogP contribution in [0.4, 0.5) is 0 Å². The van der Waals surface area contributed by atoms with E-state index >= 15 is 0 Å². The molecule has 0 spiro atoms. The van der Waals surface area contributed by atoms with Crippen molar-refractivity contribution in [2.75, 3.05) is 13.1 Å². The molecule has 8 nitrogen and oxygen atoms in total. The van der Waals surface area contributed by atoms with Gasteiger partial charge in [0.25, 0.3) is 0 Å². The zero-order valence-electron chi connectivity index (χ0n) is 12.7. The van der Waals surface area contributed by atoms with Gasteiger partial charge in [-0.3, -0.25) is 4.79 Å². The molecule has 9 heteroatoms. The maximum atomic E-state index is 12.4. The summed E-state index contributed by atoms with van der Waals surface area (Å²) in [4.78, 5) is 25.1. The molecule has 1 aliphatic rings. The summed E-state index contributed by atoms with van der Waals surface area (Å²) in [6.07, 6.45) is 5.11. The molecule has 0 aliphatic carbocycles. The average molecular weight is 331 g/mol. The highest BCUT2D eigenvalue weighted by Gasteiger charge is 2.28. The zero-order chi connectivity index (χ0) is 15.8. The van der Waals surface area contributed by atoms with E-state index in [2.05, 4.69) is 30.7 Å². The van der Waals surface area contributed by atoms with Gasteiger partial charge < -0.3 is 15.6 Å². The number of amides is 1. The first-order valence-electron chi connectivity index (χ1n) is 7.55. The van der Waals surface area contributed by atoms with Gasteiger partial charge in [-0.25, -0.2) is 14.5 Å². The fourth-order valence-corrected chi connectivity index (χ4v) is 3.56. The minimum atomic E-state index is -0.375. The van der Waals surface area contributed by atoms with Crippen LogP contribution in [0.1, 0.15) is 28.1 Å². The van der Waals surface area contributed by atoms with E-state index in [1.165, 1.54) is 0 Å². The number of fused-ring (bicyclic) bond motifs is 2. The average Bonchev–Trinajstić information content (AvgIpc) is 3.20. The first-order valence-corrected chi connectivity index (χ1v) is 8.37. The number of nitrogens with one attached hydrogen (secondary N) is 3. The third-order valence-electron chi connectivity index (χ3n) is 3.89. The molecule has 0 unspecified atom stereocenters. The summed E-state index contributed by atoms with van der Waals surface area (Å²) in [6, 6.07) is -0.375. The monoisotopic (exact) mass is 331 g/mol. The zero-order valence-corrected chi connectivity index (χ0v) is 13.5. The largest absolute Gasteiger partial charge is 0.354 e. The number of aryl methyl sites for hydroxylation is 1. The Morgan fingerprint density at radius 1 is 1.57 bits per heavy atom. The number of aromatic nitrogens is 5. The summed E-state index contributed by atoms with van der Waals surface area (Å²) in [5.74, 6) is -0.0481. The molecule has 4 rings (SSSR count). The van der Waals surface area contributed by atoms with E-state index in [0.717, 1.165) is 40.0 Å². The maximum Gasteiger partial charge on any atom is 0.243 e. The molecule has 0 radical (unpaired) electrons. The van der Waals surface area contributed by atoms with E-state index in [9.17, 15) is 4.79 Å². The predicted octanol–water partition coefficient (Wildman–Crippen LogP) is 0.368. The summed E-state index contributed by atoms with van der Waals surface area (Å²) in [6.45, 7) is 3.27. The second-order valence-electron chi connectivity index (χ2n) is 5.52. The first-order chi connectivity index (χ1) is 11.2. The van der Waals surface area contributed by atoms with Gasteiger partial charge in [0.05, 0.1) is 23.9 Å². The van der Waals surface area contributed by atoms with Crippen LogP contribution in [0.25, 0.3) is 4.96 Å². The van der Waals surface area contributed by atoms with Gasteiger partial charge in [0.1, 0.15) is 11.0 Å². The second-order valence-corrected chi connectivity index (χ2v) is 6.69. The quantitative estimate of drug-likeness (QED) is 0.641. The summed E-state index contributed by atoms with van der Waals surface area (Å²) >= 11 is 1.56. The van der Waals surface area contributed by atoms with Crippen LogP contribution in [0.2, 0.25) is 0 Å². The highest BCUT2D eigenvalue weighted by Crippen LogP contribution is 2.19. The lowest BCUT2D eigenvalue weighted by molar-refractivity contribution is -0.123. The highest BCUT2D eigenvalue weighted by molar-refractivity contribution is 7.16. The van der Waals surface area contributed by atoms with Crippen molar-refractivity contribution in [3.63, 3.8) is 0 Å². The SMILES string of the molecule is Cc1nn2cc(CCNC(=O)[C@H]3NCCc4[nH]cnc43)nc2s1. The van der Waals surface area contributed by atoms with Crippen molar-refractivity contribution in [2.45, 2.75) is 25.8 Å². The van der Waals surface area contributed by atoms with Crippen molar-refractivity contribution in [1.82, 2.24) is 35.2 Å². The van der Waals surface area contributed by atoms with Crippen molar-refractivity contribution in [2.24, 2.45) is 0 Å². The fraction of sp³-hybridized carbons (Fsp3) is 0.429. The van der Waals surface area contributed by atoms with Gasteiger partial charge in [-0.1, -0.05) is 11.3 Å². The highest BCUT2D eigenvalue weighted by atomic mass is 32.1. The Balaban J connectivity index is 1.36. The number of imidazole rings is 2. The molecule has 23 heavy (non-hydrogen) atoms. The molecule has 4 heterocycles. The number of nitrogens with zero attached hydrogens (tertiary/aromatic N) is 4.